The van der Waals surface area contributed by atoms with Gasteiger partial charge in [0, 0.05) is 17.0 Å². The van der Waals surface area contributed by atoms with E-state index in [2.05, 4.69) is 19.2 Å². The third-order valence-corrected chi connectivity index (χ3v) is 3.24. The second-order valence-electron chi connectivity index (χ2n) is 5.88. The fourth-order valence-electron chi connectivity index (χ4n) is 2.43. The van der Waals surface area contributed by atoms with Crippen LogP contribution < -0.4 is 5.32 Å². The summed E-state index contributed by atoms with van der Waals surface area (Å²) < 4.78 is 32.8. The first-order valence-corrected chi connectivity index (χ1v) is 7.01. The minimum absolute atomic E-state index is 0.147. The largest absolute Gasteiger partial charge is 0.456 e. The van der Waals surface area contributed by atoms with Gasteiger partial charge in [-0.2, -0.15) is 0 Å². The Bertz CT molecular complexity index is 602. The van der Waals surface area contributed by atoms with Crippen molar-refractivity contribution in [3.8, 4) is 0 Å². The molecule has 20 heavy (non-hydrogen) atoms. The number of halogens is 2. The van der Waals surface area contributed by atoms with Crippen LogP contribution in [0.15, 0.2) is 16.5 Å². The maximum atomic E-state index is 13.8. The van der Waals surface area contributed by atoms with Crippen LogP contribution in [0.1, 0.15) is 44.9 Å². The summed E-state index contributed by atoms with van der Waals surface area (Å²) in [6, 6.07) is 2.21. The average Bonchev–Trinajstić information content (AvgIpc) is 2.67. The highest BCUT2D eigenvalue weighted by Crippen LogP contribution is 2.33. The lowest BCUT2D eigenvalue weighted by atomic mass is 9.99. The Labute approximate surface area is 118 Å². The zero-order valence-electron chi connectivity index (χ0n) is 12.4. The van der Waals surface area contributed by atoms with E-state index in [4.69, 9.17) is 4.42 Å². The zero-order valence-corrected chi connectivity index (χ0v) is 12.4. The maximum Gasteiger partial charge on any atom is 0.170 e. The molecule has 0 saturated heterocycles. The fraction of sp³-hybridized carbons (Fsp3) is 0.500. The third kappa shape index (κ3) is 3.01. The van der Waals surface area contributed by atoms with Crippen molar-refractivity contribution in [1.29, 1.82) is 0 Å². The Morgan fingerprint density at radius 2 is 1.85 bits per heavy atom. The third-order valence-electron chi connectivity index (χ3n) is 3.24. The van der Waals surface area contributed by atoms with Gasteiger partial charge in [0.2, 0.25) is 0 Å². The maximum absolute atomic E-state index is 13.8. The normalized spacial score (nSPS) is 12.0. The lowest BCUT2D eigenvalue weighted by Crippen LogP contribution is -2.19. The molecule has 0 unspecified atom stereocenters. The zero-order chi connectivity index (χ0) is 14.9. The first-order chi connectivity index (χ1) is 9.40. The predicted molar refractivity (Wildman–Crippen MR) is 76.8 cm³/mol. The van der Waals surface area contributed by atoms with Crippen molar-refractivity contribution in [2.45, 2.75) is 40.2 Å². The molecule has 0 aliphatic heterocycles. The summed E-state index contributed by atoms with van der Waals surface area (Å²) in [5, 5.41) is 3.82. The van der Waals surface area contributed by atoms with E-state index < -0.39 is 11.6 Å². The lowest BCUT2D eigenvalue weighted by molar-refractivity contribution is 0.467. The highest BCUT2D eigenvalue weighted by atomic mass is 19.1. The number of hydrogen-bond acceptors (Lipinski definition) is 2. The molecular formula is C16H21F2NO. The molecule has 2 nitrogen and oxygen atoms in total. The molecule has 2 rings (SSSR count). The first kappa shape index (κ1) is 15.0. The van der Waals surface area contributed by atoms with Crippen LogP contribution >= 0.6 is 0 Å². The van der Waals surface area contributed by atoms with Gasteiger partial charge in [-0.1, -0.05) is 27.7 Å². The number of nitrogens with one attached hydrogen (secondary N) is 1. The fourth-order valence-corrected chi connectivity index (χ4v) is 2.43. The van der Waals surface area contributed by atoms with Gasteiger partial charge in [-0.15, -0.1) is 0 Å². The van der Waals surface area contributed by atoms with E-state index in [9.17, 15) is 8.78 Å². The molecule has 1 N–H and O–H groups in total. The minimum atomic E-state index is -0.642. The van der Waals surface area contributed by atoms with E-state index in [0.29, 0.717) is 23.6 Å². The van der Waals surface area contributed by atoms with E-state index in [-0.39, 0.29) is 11.5 Å². The summed E-state index contributed by atoms with van der Waals surface area (Å²) in [4.78, 5) is 0. The van der Waals surface area contributed by atoms with Crippen LogP contribution in [0, 0.1) is 17.6 Å². The van der Waals surface area contributed by atoms with Gasteiger partial charge in [-0.25, -0.2) is 8.78 Å². The molecule has 0 spiro atoms. The van der Waals surface area contributed by atoms with Crippen molar-refractivity contribution in [2.75, 3.05) is 6.54 Å². The van der Waals surface area contributed by atoms with Crippen LogP contribution in [-0.2, 0) is 6.54 Å². The average molecular weight is 281 g/mol. The van der Waals surface area contributed by atoms with E-state index >= 15 is 0 Å². The molecule has 4 heteroatoms. The summed E-state index contributed by atoms with van der Waals surface area (Å²) in [6.07, 6.45) is 0. The highest BCUT2D eigenvalue weighted by molar-refractivity contribution is 5.83. The second kappa shape index (κ2) is 5.92. The quantitative estimate of drug-likeness (QED) is 0.867. The molecule has 0 aliphatic rings. The van der Waals surface area contributed by atoms with Gasteiger partial charge in [0.1, 0.15) is 11.6 Å². The van der Waals surface area contributed by atoms with Gasteiger partial charge >= 0.3 is 0 Å². The first-order valence-electron chi connectivity index (χ1n) is 7.01. The molecular weight excluding hydrogens is 260 g/mol. The van der Waals surface area contributed by atoms with Crippen molar-refractivity contribution < 1.29 is 13.2 Å². The van der Waals surface area contributed by atoms with Crippen molar-refractivity contribution >= 4 is 11.0 Å². The van der Waals surface area contributed by atoms with Crippen LogP contribution in [0.5, 0.6) is 0 Å². The highest BCUT2D eigenvalue weighted by Gasteiger charge is 2.20. The van der Waals surface area contributed by atoms with E-state index in [0.717, 1.165) is 18.2 Å². The van der Waals surface area contributed by atoms with Crippen molar-refractivity contribution in [3.05, 3.63) is 35.1 Å². The molecule has 0 atom stereocenters. The molecule has 0 amide bonds. The van der Waals surface area contributed by atoms with Crippen LogP contribution in [0.4, 0.5) is 8.78 Å². The van der Waals surface area contributed by atoms with E-state index in [1.165, 1.54) is 6.07 Å². The standard InChI is InChI=1S/C16H21F2NO/c1-9(2)7-19-8-14-15(10(3)4)12-5-11(17)6-13(18)16(12)20-14/h5-6,9-10,19H,7-8H2,1-4H3. The summed E-state index contributed by atoms with van der Waals surface area (Å²) in [5.74, 6) is 0.154. The molecule has 0 radical (unpaired) electrons. The SMILES string of the molecule is CC(C)CNCc1oc2c(F)cc(F)cc2c1C(C)C. The topological polar surface area (TPSA) is 25.2 Å². The van der Waals surface area contributed by atoms with Crippen LogP contribution in [0.3, 0.4) is 0 Å². The molecule has 1 aromatic carbocycles. The molecule has 1 aromatic heterocycles. The molecule has 0 fully saturated rings. The number of rotatable bonds is 5. The van der Waals surface area contributed by atoms with Crippen molar-refractivity contribution in [3.63, 3.8) is 0 Å². The molecule has 0 bridgehead atoms. The minimum Gasteiger partial charge on any atom is -0.456 e. The van der Waals surface area contributed by atoms with Crippen LogP contribution in [0.25, 0.3) is 11.0 Å². The molecule has 0 saturated carbocycles. The Hall–Kier alpha value is -1.42. The molecule has 110 valence electrons. The summed E-state index contributed by atoms with van der Waals surface area (Å²) >= 11 is 0. The molecule has 0 aliphatic carbocycles. The summed E-state index contributed by atoms with van der Waals surface area (Å²) in [5.41, 5.74) is 1.03. The molecule has 1 heterocycles. The number of fused-ring (bicyclic) bond motifs is 1. The smallest absolute Gasteiger partial charge is 0.170 e. The second-order valence-corrected chi connectivity index (χ2v) is 5.88. The number of furan rings is 1. The van der Waals surface area contributed by atoms with Crippen LogP contribution in [0.2, 0.25) is 0 Å². The van der Waals surface area contributed by atoms with Gasteiger partial charge in [0.05, 0.1) is 6.54 Å². The Balaban J connectivity index is 2.43. The Morgan fingerprint density at radius 3 is 2.45 bits per heavy atom. The molecule has 2 aromatic rings. The van der Waals surface area contributed by atoms with Gasteiger partial charge < -0.3 is 9.73 Å². The van der Waals surface area contributed by atoms with Crippen LogP contribution in [-0.4, -0.2) is 6.54 Å². The summed E-state index contributed by atoms with van der Waals surface area (Å²) in [6.45, 7) is 9.61. The number of hydrogen-bond donors (Lipinski definition) is 1. The number of benzene rings is 1. The van der Waals surface area contributed by atoms with Gasteiger partial charge in [-0.3, -0.25) is 0 Å². The van der Waals surface area contributed by atoms with Gasteiger partial charge in [-0.05, 0) is 24.4 Å². The van der Waals surface area contributed by atoms with Gasteiger partial charge in [0.15, 0.2) is 11.4 Å². The van der Waals surface area contributed by atoms with Crippen molar-refractivity contribution in [2.24, 2.45) is 5.92 Å². The van der Waals surface area contributed by atoms with Crippen molar-refractivity contribution in [1.82, 2.24) is 5.32 Å². The monoisotopic (exact) mass is 281 g/mol. The van der Waals surface area contributed by atoms with E-state index in [1.807, 2.05) is 13.8 Å². The summed E-state index contributed by atoms with van der Waals surface area (Å²) in [7, 11) is 0. The van der Waals surface area contributed by atoms with E-state index in [1.54, 1.807) is 0 Å². The lowest BCUT2D eigenvalue weighted by Gasteiger charge is -2.09. The van der Waals surface area contributed by atoms with Gasteiger partial charge in [0.25, 0.3) is 0 Å². The Morgan fingerprint density at radius 1 is 1.15 bits per heavy atom. The Kier molecular flexibility index (Phi) is 4.43. The predicted octanol–water partition coefficient (Wildman–Crippen LogP) is 4.58.